The topological polar surface area (TPSA) is 57.7 Å². The van der Waals surface area contributed by atoms with Crippen molar-refractivity contribution in [2.75, 3.05) is 13.2 Å². The summed E-state index contributed by atoms with van der Waals surface area (Å²) in [6, 6.07) is 4.45. The van der Waals surface area contributed by atoms with Crippen molar-refractivity contribution in [2.24, 2.45) is 0 Å². The summed E-state index contributed by atoms with van der Waals surface area (Å²) in [6.45, 7) is -0.257. The van der Waals surface area contributed by atoms with Gasteiger partial charge in [0, 0.05) is 25.1 Å². The molecular weight excluding hydrogens is 279 g/mol. The zero-order valence-corrected chi connectivity index (χ0v) is 10.4. The Balaban J connectivity index is 2.06. The predicted octanol–water partition coefficient (Wildman–Crippen LogP) is 2.71. The molecule has 110 valence electrons. The van der Waals surface area contributed by atoms with E-state index in [2.05, 4.69) is 14.5 Å². The fourth-order valence-corrected chi connectivity index (χ4v) is 1.82. The molecule has 20 heavy (non-hydrogen) atoms. The van der Waals surface area contributed by atoms with Crippen molar-refractivity contribution in [3.8, 4) is 5.88 Å². The number of ether oxygens (including phenoxy) is 3. The number of hydrogen-bond acceptors (Lipinski definition) is 5. The minimum Gasteiger partial charge on any atom is -0.417 e. The molecule has 1 saturated heterocycles. The molecule has 1 aromatic rings. The van der Waals surface area contributed by atoms with E-state index in [4.69, 9.17) is 4.74 Å². The SMILES string of the molecule is O=C(Oc1ccccn1)OC1(C(F)(F)F)CCOCC1. The lowest BCUT2D eigenvalue weighted by atomic mass is 9.93. The average molecular weight is 291 g/mol. The van der Waals surface area contributed by atoms with Crippen molar-refractivity contribution in [2.45, 2.75) is 24.6 Å². The Bertz CT molecular complexity index is 458. The summed E-state index contributed by atoms with van der Waals surface area (Å²) in [5, 5.41) is 0. The van der Waals surface area contributed by atoms with E-state index in [9.17, 15) is 18.0 Å². The molecule has 0 saturated carbocycles. The molecule has 0 bridgehead atoms. The summed E-state index contributed by atoms with van der Waals surface area (Å²) in [4.78, 5) is 15.2. The Morgan fingerprint density at radius 3 is 2.55 bits per heavy atom. The lowest BCUT2D eigenvalue weighted by Gasteiger charge is -2.37. The first-order chi connectivity index (χ1) is 9.43. The van der Waals surface area contributed by atoms with Gasteiger partial charge >= 0.3 is 12.3 Å². The van der Waals surface area contributed by atoms with Crippen LogP contribution in [-0.4, -0.2) is 36.1 Å². The quantitative estimate of drug-likeness (QED) is 0.784. The van der Waals surface area contributed by atoms with Crippen molar-refractivity contribution in [1.82, 2.24) is 4.98 Å². The van der Waals surface area contributed by atoms with Gasteiger partial charge in [-0.15, -0.1) is 0 Å². The van der Waals surface area contributed by atoms with Gasteiger partial charge in [0.2, 0.25) is 11.5 Å². The van der Waals surface area contributed by atoms with Crippen LogP contribution >= 0.6 is 0 Å². The summed E-state index contributed by atoms with van der Waals surface area (Å²) < 4.78 is 53.3. The van der Waals surface area contributed by atoms with E-state index in [1.165, 1.54) is 18.3 Å². The van der Waals surface area contributed by atoms with Gasteiger partial charge in [-0.05, 0) is 6.07 Å². The smallest absolute Gasteiger partial charge is 0.417 e. The second-order valence-corrected chi connectivity index (χ2v) is 4.23. The Kier molecular flexibility index (Phi) is 4.12. The van der Waals surface area contributed by atoms with Gasteiger partial charge in [0.15, 0.2) is 0 Å². The van der Waals surface area contributed by atoms with Crippen molar-refractivity contribution >= 4 is 6.16 Å². The van der Waals surface area contributed by atoms with E-state index in [-0.39, 0.29) is 19.1 Å². The molecule has 0 aromatic carbocycles. The van der Waals surface area contributed by atoms with Crippen LogP contribution < -0.4 is 4.74 Å². The van der Waals surface area contributed by atoms with E-state index in [1.54, 1.807) is 6.07 Å². The highest BCUT2D eigenvalue weighted by Gasteiger charge is 2.59. The normalized spacial score (nSPS) is 18.4. The second-order valence-electron chi connectivity index (χ2n) is 4.23. The maximum atomic E-state index is 13.1. The zero-order chi connectivity index (χ0) is 14.6. The number of alkyl halides is 3. The molecule has 8 heteroatoms. The van der Waals surface area contributed by atoms with Gasteiger partial charge in [-0.3, -0.25) is 0 Å². The number of carbonyl (C=O) groups excluding carboxylic acids is 1. The highest BCUT2D eigenvalue weighted by Crippen LogP contribution is 2.41. The Hall–Kier alpha value is -1.83. The maximum Gasteiger partial charge on any atom is 0.516 e. The molecule has 1 aromatic heterocycles. The summed E-state index contributed by atoms with van der Waals surface area (Å²) in [6.07, 6.45) is -5.67. The van der Waals surface area contributed by atoms with Crippen LogP contribution in [0.4, 0.5) is 18.0 Å². The van der Waals surface area contributed by atoms with E-state index < -0.39 is 30.8 Å². The van der Waals surface area contributed by atoms with Crippen LogP contribution in [0.15, 0.2) is 24.4 Å². The lowest BCUT2D eigenvalue weighted by molar-refractivity contribution is -0.281. The van der Waals surface area contributed by atoms with Crippen molar-refractivity contribution < 1.29 is 32.2 Å². The standard InChI is InChI=1S/C12H12F3NO4/c13-12(14,15)11(4-7-18-8-5-11)20-10(17)19-9-3-1-2-6-16-9/h1-3,6H,4-5,7-8H2. The zero-order valence-electron chi connectivity index (χ0n) is 10.4. The largest absolute Gasteiger partial charge is 0.516 e. The van der Waals surface area contributed by atoms with Gasteiger partial charge in [-0.25, -0.2) is 9.78 Å². The fourth-order valence-electron chi connectivity index (χ4n) is 1.82. The Labute approximate surface area is 112 Å². The molecule has 2 rings (SSSR count). The first kappa shape index (κ1) is 14.6. The van der Waals surface area contributed by atoms with Crippen LogP contribution in [0, 0.1) is 0 Å². The molecule has 0 aliphatic carbocycles. The molecule has 2 heterocycles. The maximum absolute atomic E-state index is 13.1. The number of pyridine rings is 1. The van der Waals surface area contributed by atoms with Crippen molar-refractivity contribution in [3.05, 3.63) is 24.4 Å². The third-order valence-corrected chi connectivity index (χ3v) is 2.92. The summed E-state index contributed by atoms with van der Waals surface area (Å²) >= 11 is 0. The van der Waals surface area contributed by atoms with Gasteiger partial charge in [0.1, 0.15) is 0 Å². The summed E-state index contributed by atoms with van der Waals surface area (Å²) in [5.41, 5.74) is -2.56. The molecule has 0 radical (unpaired) electrons. The van der Waals surface area contributed by atoms with Gasteiger partial charge in [-0.1, -0.05) is 6.07 Å². The number of halogens is 3. The second kappa shape index (κ2) is 5.66. The van der Waals surface area contributed by atoms with Crippen molar-refractivity contribution in [3.63, 3.8) is 0 Å². The number of nitrogens with zero attached hydrogens (tertiary/aromatic N) is 1. The Morgan fingerprint density at radius 2 is 2.00 bits per heavy atom. The first-order valence-corrected chi connectivity index (χ1v) is 5.89. The number of hydrogen-bond donors (Lipinski definition) is 0. The minimum absolute atomic E-state index is 0.123. The summed E-state index contributed by atoms with van der Waals surface area (Å²) in [5.74, 6) is -0.123. The van der Waals surface area contributed by atoms with Crippen LogP contribution in [0.5, 0.6) is 5.88 Å². The monoisotopic (exact) mass is 291 g/mol. The van der Waals surface area contributed by atoms with E-state index >= 15 is 0 Å². The highest BCUT2D eigenvalue weighted by molar-refractivity contribution is 5.63. The molecule has 0 amide bonds. The molecule has 0 spiro atoms. The van der Waals surface area contributed by atoms with E-state index in [1.807, 2.05) is 0 Å². The predicted molar refractivity (Wildman–Crippen MR) is 60.2 cm³/mol. The van der Waals surface area contributed by atoms with Gasteiger partial charge in [0.05, 0.1) is 13.2 Å². The van der Waals surface area contributed by atoms with Crippen LogP contribution in [0.3, 0.4) is 0 Å². The first-order valence-electron chi connectivity index (χ1n) is 5.89. The average Bonchev–Trinajstić information content (AvgIpc) is 2.39. The molecule has 1 aliphatic rings. The molecule has 0 unspecified atom stereocenters. The minimum atomic E-state index is -4.68. The summed E-state index contributed by atoms with van der Waals surface area (Å²) in [7, 11) is 0. The van der Waals surface area contributed by atoms with E-state index in [0.29, 0.717) is 0 Å². The molecule has 0 atom stereocenters. The molecule has 5 nitrogen and oxygen atoms in total. The fraction of sp³-hybridized carbons (Fsp3) is 0.500. The molecule has 1 aliphatic heterocycles. The Morgan fingerprint density at radius 1 is 1.30 bits per heavy atom. The van der Waals surface area contributed by atoms with Gasteiger partial charge < -0.3 is 14.2 Å². The van der Waals surface area contributed by atoms with Gasteiger partial charge in [-0.2, -0.15) is 13.2 Å². The third-order valence-electron chi connectivity index (χ3n) is 2.92. The van der Waals surface area contributed by atoms with Crippen LogP contribution in [-0.2, 0) is 9.47 Å². The van der Waals surface area contributed by atoms with Crippen LogP contribution in [0.2, 0.25) is 0 Å². The van der Waals surface area contributed by atoms with Crippen LogP contribution in [0.1, 0.15) is 12.8 Å². The number of rotatable bonds is 2. The lowest BCUT2D eigenvalue weighted by Crippen LogP contribution is -2.53. The highest BCUT2D eigenvalue weighted by atomic mass is 19.4. The molecule has 1 fully saturated rings. The number of carbonyl (C=O) groups is 1. The van der Waals surface area contributed by atoms with Crippen LogP contribution in [0.25, 0.3) is 0 Å². The third kappa shape index (κ3) is 3.19. The molecular formula is C12H12F3NO4. The molecule has 0 N–H and O–H groups in total. The van der Waals surface area contributed by atoms with E-state index in [0.717, 1.165) is 0 Å². The number of aromatic nitrogens is 1. The van der Waals surface area contributed by atoms with Crippen molar-refractivity contribution in [1.29, 1.82) is 0 Å². The van der Waals surface area contributed by atoms with Gasteiger partial charge in [0.25, 0.3) is 0 Å².